The normalized spacial score (nSPS) is 14.7. The first kappa shape index (κ1) is 16.1. The van der Waals surface area contributed by atoms with Crippen LogP contribution in [0.3, 0.4) is 0 Å². The maximum Gasteiger partial charge on any atom is 0.319 e. The van der Waals surface area contributed by atoms with Crippen LogP contribution in [0.1, 0.15) is 34.1 Å². The molecule has 0 bridgehead atoms. The van der Waals surface area contributed by atoms with Crippen LogP contribution in [0, 0.1) is 5.92 Å². The Kier molecular flexibility index (Phi) is 7.03. The smallest absolute Gasteiger partial charge is 0.319 e. The minimum Gasteiger partial charge on any atom is -0.480 e. The van der Waals surface area contributed by atoms with E-state index in [1.165, 1.54) is 0 Å². The van der Waals surface area contributed by atoms with E-state index >= 15 is 0 Å². The zero-order valence-corrected chi connectivity index (χ0v) is 11.5. The molecule has 17 heavy (non-hydrogen) atoms. The van der Waals surface area contributed by atoms with Gasteiger partial charge in [0.05, 0.1) is 0 Å². The van der Waals surface area contributed by atoms with Crippen molar-refractivity contribution in [2.45, 2.75) is 45.4 Å². The predicted molar refractivity (Wildman–Crippen MR) is 67.2 cm³/mol. The van der Waals surface area contributed by atoms with Crippen molar-refractivity contribution in [2.75, 3.05) is 5.75 Å². The van der Waals surface area contributed by atoms with Crippen molar-refractivity contribution in [2.24, 2.45) is 5.92 Å². The number of hydrogen-bond donors (Lipinski definition) is 2. The number of nitrogens with one attached hydrogen (secondary N) is 1. The lowest BCUT2D eigenvalue weighted by Crippen LogP contribution is -2.35. The first-order chi connectivity index (χ1) is 7.75. The van der Waals surface area contributed by atoms with Crippen LogP contribution in [0.2, 0.25) is 0 Å². The van der Waals surface area contributed by atoms with Crippen LogP contribution in [0.5, 0.6) is 0 Å². The molecule has 0 aromatic rings. The average Bonchev–Trinajstić information content (AvgIpc) is 2.12. The van der Waals surface area contributed by atoms with Gasteiger partial charge in [-0.25, -0.2) is 0 Å². The summed E-state index contributed by atoms with van der Waals surface area (Å²) in [6, 6.07) is 0.0382. The monoisotopic (exact) mass is 263 g/mol. The van der Waals surface area contributed by atoms with E-state index in [1.54, 1.807) is 13.8 Å². The second-order valence-electron chi connectivity index (χ2n) is 4.56. The highest BCUT2D eigenvalue weighted by Crippen LogP contribution is 2.11. The fraction of sp³-hybridized carbons (Fsp3) is 0.818. The lowest BCUT2D eigenvalue weighted by molar-refractivity contribution is -0.137. The van der Waals surface area contributed by atoms with Gasteiger partial charge in [-0.15, -0.1) is 0 Å². The second-order valence-corrected chi connectivity index (χ2v) is 6.24. The van der Waals surface area contributed by atoms with Crippen LogP contribution >= 0.6 is 0 Å². The molecule has 0 saturated carbocycles. The van der Waals surface area contributed by atoms with Gasteiger partial charge in [-0.05, 0) is 19.8 Å². The number of amides is 1. The molecule has 0 aliphatic heterocycles. The van der Waals surface area contributed by atoms with E-state index in [4.69, 9.17) is 5.11 Å². The van der Waals surface area contributed by atoms with Gasteiger partial charge >= 0.3 is 5.97 Å². The maximum absolute atomic E-state index is 11.8. The minimum absolute atomic E-state index is 0.0382. The van der Waals surface area contributed by atoms with Crippen LogP contribution in [0.25, 0.3) is 0 Å². The van der Waals surface area contributed by atoms with Gasteiger partial charge < -0.3 is 10.4 Å². The molecule has 6 heteroatoms. The average molecular weight is 263 g/mol. The van der Waals surface area contributed by atoms with E-state index in [2.05, 4.69) is 5.32 Å². The number of carbonyl (C=O) groups excluding carboxylic acids is 1. The Morgan fingerprint density at radius 3 is 2.12 bits per heavy atom. The number of carboxylic acids is 1. The Morgan fingerprint density at radius 1 is 1.24 bits per heavy atom. The molecule has 5 nitrogen and oxygen atoms in total. The molecule has 0 aromatic heterocycles. The topological polar surface area (TPSA) is 83.5 Å². The van der Waals surface area contributed by atoms with Crippen LogP contribution < -0.4 is 5.32 Å². The fourth-order valence-corrected chi connectivity index (χ4v) is 2.89. The molecule has 0 fully saturated rings. The number of hydrogen-bond acceptors (Lipinski definition) is 3. The molecule has 0 rings (SSSR count). The maximum atomic E-state index is 11.8. The van der Waals surface area contributed by atoms with Crippen molar-refractivity contribution >= 4 is 22.7 Å². The molecule has 2 unspecified atom stereocenters. The second kappa shape index (κ2) is 7.42. The summed E-state index contributed by atoms with van der Waals surface area (Å²) in [4.78, 5) is 22.2. The number of carbonyl (C=O) groups is 2. The van der Waals surface area contributed by atoms with Gasteiger partial charge in [-0.3, -0.25) is 13.8 Å². The molecule has 2 atom stereocenters. The molecule has 0 saturated heterocycles. The quantitative estimate of drug-likeness (QED) is 0.710. The molecule has 0 aliphatic carbocycles. The van der Waals surface area contributed by atoms with Gasteiger partial charge in [-0.1, -0.05) is 13.8 Å². The Morgan fingerprint density at radius 2 is 1.76 bits per heavy atom. The van der Waals surface area contributed by atoms with Gasteiger partial charge in [0.25, 0.3) is 0 Å². The van der Waals surface area contributed by atoms with Gasteiger partial charge in [0, 0.05) is 29.0 Å². The molecule has 1 amide bonds. The van der Waals surface area contributed by atoms with Gasteiger partial charge in [0.15, 0.2) is 0 Å². The molecule has 0 radical (unpaired) electrons. The van der Waals surface area contributed by atoms with Crippen molar-refractivity contribution in [1.29, 1.82) is 0 Å². The van der Waals surface area contributed by atoms with Crippen LogP contribution in [0.4, 0.5) is 0 Å². The molecule has 0 aromatic carbocycles. The largest absolute Gasteiger partial charge is 0.480 e. The first-order valence-corrected chi connectivity index (χ1v) is 7.03. The lowest BCUT2D eigenvalue weighted by Gasteiger charge is -2.15. The highest BCUT2D eigenvalue weighted by atomic mass is 32.2. The summed E-state index contributed by atoms with van der Waals surface area (Å²) in [5.41, 5.74) is 0. The highest BCUT2D eigenvalue weighted by molar-refractivity contribution is 7.86. The summed E-state index contributed by atoms with van der Waals surface area (Å²) in [6.45, 7) is 7.10. The van der Waals surface area contributed by atoms with Gasteiger partial charge in [0.2, 0.25) is 5.91 Å². The Balaban J connectivity index is 4.25. The highest BCUT2D eigenvalue weighted by Gasteiger charge is 2.28. The van der Waals surface area contributed by atoms with Crippen molar-refractivity contribution < 1.29 is 18.9 Å². The lowest BCUT2D eigenvalue weighted by atomic mass is 10.1. The van der Waals surface area contributed by atoms with Crippen LogP contribution in [-0.4, -0.2) is 38.2 Å². The molecular formula is C11H21NO4S. The summed E-state index contributed by atoms with van der Waals surface area (Å²) < 4.78 is 11.8. The molecular weight excluding hydrogens is 242 g/mol. The van der Waals surface area contributed by atoms with E-state index < -0.39 is 22.0 Å². The van der Waals surface area contributed by atoms with Crippen molar-refractivity contribution in [3.05, 3.63) is 0 Å². The summed E-state index contributed by atoms with van der Waals surface area (Å²) in [5, 5.41) is 10.7. The van der Waals surface area contributed by atoms with Crippen LogP contribution in [0.15, 0.2) is 0 Å². The summed E-state index contributed by atoms with van der Waals surface area (Å²) >= 11 is 0. The van der Waals surface area contributed by atoms with Crippen molar-refractivity contribution in [3.63, 3.8) is 0 Å². The third-order valence-electron chi connectivity index (χ3n) is 2.11. The Hall–Kier alpha value is -0.910. The molecule has 0 spiro atoms. The number of rotatable bonds is 7. The molecule has 100 valence electrons. The molecule has 2 N–H and O–H groups in total. The fourth-order valence-electron chi connectivity index (χ4n) is 1.42. The van der Waals surface area contributed by atoms with Crippen molar-refractivity contribution in [3.8, 4) is 0 Å². The predicted octanol–water partition coefficient (Wildman–Crippen LogP) is 0.759. The zero-order valence-electron chi connectivity index (χ0n) is 10.7. The van der Waals surface area contributed by atoms with E-state index in [1.807, 2.05) is 13.8 Å². The number of carboxylic acid groups (broad SMARTS) is 1. The number of aliphatic carboxylic acids is 1. The SMILES string of the molecule is CC(C)NC(=O)CCS(=O)C(C(=O)O)C(C)C. The van der Waals surface area contributed by atoms with Gasteiger partial charge in [0.1, 0.15) is 5.25 Å². The summed E-state index contributed by atoms with van der Waals surface area (Å²) in [7, 11) is -1.51. The van der Waals surface area contributed by atoms with E-state index in [0.717, 1.165) is 0 Å². The Bertz CT molecular complexity index is 302. The van der Waals surface area contributed by atoms with Crippen LogP contribution in [-0.2, 0) is 20.4 Å². The molecule has 0 heterocycles. The van der Waals surface area contributed by atoms with Gasteiger partial charge in [-0.2, -0.15) is 0 Å². The van der Waals surface area contributed by atoms with Crippen molar-refractivity contribution in [1.82, 2.24) is 5.32 Å². The standard InChI is InChI=1S/C11H21NO4S/c1-7(2)10(11(14)15)17(16)6-5-9(13)12-8(3)4/h7-8,10H,5-6H2,1-4H3,(H,12,13)(H,14,15). The Labute approximate surface area is 104 Å². The molecule has 0 aliphatic rings. The zero-order chi connectivity index (χ0) is 13.6. The third kappa shape index (κ3) is 6.41. The minimum atomic E-state index is -1.51. The van der Waals surface area contributed by atoms with E-state index in [0.29, 0.717) is 0 Å². The van der Waals surface area contributed by atoms with E-state index in [-0.39, 0.29) is 30.0 Å². The third-order valence-corrected chi connectivity index (χ3v) is 4.03. The summed E-state index contributed by atoms with van der Waals surface area (Å²) in [6.07, 6.45) is 0.0985. The summed E-state index contributed by atoms with van der Waals surface area (Å²) in [5.74, 6) is -1.38. The van der Waals surface area contributed by atoms with E-state index in [9.17, 15) is 13.8 Å². The first-order valence-electron chi connectivity index (χ1n) is 5.65.